The Morgan fingerprint density at radius 2 is 2.07 bits per heavy atom. The number of fused-ring (bicyclic) bond motifs is 1. The molecule has 1 saturated heterocycles. The Bertz CT molecular complexity index is 864. The number of aliphatic hydroxyl groups is 1. The molecule has 2 heterocycles. The summed E-state index contributed by atoms with van der Waals surface area (Å²) in [6.45, 7) is 1.80. The molecule has 1 atom stereocenters. The summed E-state index contributed by atoms with van der Waals surface area (Å²) in [6, 6.07) is 7.37. The van der Waals surface area contributed by atoms with Gasteiger partial charge in [-0.15, -0.1) is 0 Å². The second kappa shape index (κ2) is 8.19. The number of aromatic amines is 1. The van der Waals surface area contributed by atoms with Gasteiger partial charge >= 0.3 is 0 Å². The predicted octanol–water partition coefficient (Wildman–Crippen LogP) is 1.16. The van der Waals surface area contributed by atoms with Gasteiger partial charge in [0, 0.05) is 32.5 Å². The molecule has 1 fully saturated rings. The van der Waals surface area contributed by atoms with Crippen LogP contribution in [0.1, 0.15) is 31.4 Å². The summed E-state index contributed by atoms with van der Waals surface area (Å²) in [5.41, 5.74) is 0.835. The van der Waals surface area contributed by atoms with Crippen LogP contribution in [0.2, 0.25) is 0 Å². The molecule has 2 aromatic rings. The van der Waals surface area contributed by atoms with Crippen molar-refractivity contribution in [2.45, 2.75) is 37.7 Å². The van der Waals surface area contributed by atoms with Crippen molar-refractivity contribution in [3.63, 3.8) is 0 Å². The largest absolute Gasteiger partial charge is 0.388 e. The standard InChI is InChI=1S/C20H28N4O3/c1-23(2)14-20(27)10-5-12-24(13-11-20)18(25)9-8-17-19(26)22-16-7-4-3-6-15(16)21-17/h3-4,6-7,27H,5,8-14H2,1-2H3,(H,22,26). The molecule has 0 aliphatic carbocycles. The number of likely N-dealkylation sites (N-methyl/N-ethyl adjacent to an activating group) is 1. The van der Waals surface area contributed by atoms with Crippen LogP contribution in [-0.2, 0) is 11.2 Å². The number of hydrogen-bond donors (Lipinski definition) is 2. The third kappa shape index (κ3) is 4.93. The van der Waals surface area contributed by atoms with Crippen LogP contribution in [-0.4, -0.2) is 70.1 Å². The maximum absolute atomic E-state index is 12.6. The summed E-state index contributed by atoms with van der Waals surface area (Å²) in [7, 11) is 3.89. The molecule has 1 unspecified atom stereocenters. The molecule has 0 bridgehead atoms. The minimum atomic E-state index is -0.740. The minimum absolute atomic E-state index is 0.0125. The van der Waals surface area contributed by atoms with Crippen LogP contribution >= 0.6 is 0 Å². The zero-order valence-electron chi connectivity index (χ0n) is 16.1. The van der Waals surface area contributed by atoms with Gasteiger partial charge in [-0.25, -0.2) is 4.98 Å². The molecule has 0 spiro atoms. The summed E-state index contributed by atoms with van der Waals surface area (Å²) in [5.74, 6) is 0.0125. The van der Waals surface area contributed by atoms with Crippen LogP contribution < -0.4 is 5.56 Å². The van der Waals surface area contributed by atoms with E-state index in [4.69, 9.17) is 0 Å². The molecule has 3 rings (SSSR count). The number of H-pyrrole nitrogens is 1. The Morgan fingerprint density at radius 1 is 1.30 bits per heavy atom. The highest BCUT2D eigenvalue weighted by Crippen LogP contribution is 2.23. The van der Waals surface area contributed by atoms with E-state index in [1.165, 1.54) is 0 Å². The quantitative estimate of drug-likeness (QED) is 0.822. The number of benzene rings is 1. The topological polar surface area (TPSA) is 89.5 Å². The van der Waals surface area contributed by atoms with E-state index in [0.29, 0.717) is 50.1 Å². The van der Waals surface area contributed by atoms with Crippen molar-refractivity contribution in [3.8, 4) is 0 Å². The fraction of sp³-hybridized carbons (Fsp3) is 0.550. The number of hydrogen-bond acceptors (Lipinski definition) is 5. The zero-order valence-corrected chi connectivity index (χ0v) is 16.1. The van der Waals surface area contributed by atoms with Crippen LogP contribution in [0.5, 0.6) is 0 Å². The molecule has 1 aromatic heterocycles. The van der Waals surface area contributed by atoms with E-state index in [-0.39, 0.29) is 17.9 Å². The maximum atomic E-state index is 12.6. The van der Waals surface area contributed by atoms with E-state index in [0.717, 1.165) is 11.9 Å². The summed E-state index contributed by atoms with van der Waals surface area (Å²) in [6.07, 6.45) is 2.62. The first-order chi connectivity index (χ1) is 12.9. The van der Waals surface area contributed by atoms with E-state index >= 15 is 0 Å². The highest BCUT2D eigenvalue weighted by molar-refractivity contribution is 5.77. The lowest BCUT2D eigenvalue weighted by atomic mass is 9.94. The van der Waals surface area contributed by atoms with Crippen molar-refractivity contribution in [2.75, 3.05) is 33.7 Å². The molecule has 2 N–H and O–H groups in total. The number of nitrogens with zero attached hydrogens (tertiary/aromatic N) is 3. The van der Waals surface area contributed by atoms with Crippen LogP contribution in [0.3, 0.4) is 0 Å². The fourth-order valence-electron chi connectivity index (χ4n) is 3.80. The Hall–Kier alpha value is -2.25. The molecule has 7 nitrogen and oxygen atoms in total. The smallest absolute Gasteiger partial charge is 0.270 e. The fourth-order valence-corrected chi connectivity index (χ4v) is 3.80. The Kier molecular flexibility index (Phi) is 5.92. The molecule has 1 amide bonds. The van der Waals surface area contributed by atoms with E-state index < -0.39 is 5.60 Å². The summed E-state index contributed by atoms with van der Waals surface area (Å²) < 4.78 is 0. The molecule has 146 valence electrons. The predicted molar refractivity (Wildman–Crippen MR) is 105 cm³/mol. The van der Waals surface area contributed by atoms with E-state index in [2.05, 4.69) is 9.97 Å². The number of aryl methyl sites for hydroxylation is 1. The highest BCUT2D eigenvalue weighted by atomic mass is 16.3. The summed E-state index contributed by atoms with van der Waals surface area (Å²) >= 11 is 0. The molecular weight excluding hydrogens is 344 g/mol. The number of rotatable bonds is 5. The molecule has 1 aliphatic rings. The molecule has 0 radical (unpaired) electrons. The van der Waals surface area contributed by atoms with Crippen molar-refractivity contribution >= 4 is 16.9 Å². The third-order valence-corrected chi connectivity index (χ3v) is 5.13. The summed E-state index contributed by atoms with van der Waals surface area (Å²) in [5, 5.41) is 10.7. The first-order valence-electron chi connectivity index (χ1n) is 9.49. The number of carbonyl (C=O) groups excluding carboxylic acids is 1. The van der Waals surface area contributed by atoms with Crippen LogP contribution in [0.15, 0.2) is 29.1 Å². The van der Waals surface area contributed by atoms with E-state index in [1.54, 1.807) is 0 Å². The van der Waals surface area contributed by atoms with Crippen molar-refractivity contribution in [1.29, 1.82) is 0 Å². The number of nitrogens with one attached hydrogen (secondary N) is 1. The van der Waals surface area contributed by atoms with Gasteiger partial charge in [0.2, 0.25) is 5.91 Å². The lowest BCUT2D eigenvalue weighted by Crippen LogP contribution is -2.41. The number of amides is 1. The van der Waals surface area contributed by atoms with Crippen molar-refractivity contribution in [2.24, 2.45) is 0 Å². The third-order valence-electron chi connectivity index (χ3n) is 5.13. The Balaban J connectivity index is 1.61. The van der Waals surface area contributed by atoms with Gasteiger partial charge < -0.3 is 19.9 Å². The van der Waals surface area contributed by atoms with Gasteiger partial charge in [0.25, 0.3) is 5.56 Å². The van der Waals surface area contributed by atoms with Gasteiger partial charge in [-0.2, -0.15) is 0 Å². The zero-order chi connectivity index (χ0) is 19.4. The van der Waals surface area contributed by atoms with E-state index in [1.807, 2.05) is 48.2 Å². The molecule has 27 heavy (non-hydrogen) atoms. The lowest BCUT2D eigenvalue weighted by molar-refractivity contribution is -0.131. The van der Waals surface area contributed by atoms with Gasteiger partial charge in [-0.3, -0.25) is 9.59 Å². The molecule has 0 saturated carbocycles. The van der Waals surface area contributed by atoms with Gasteiger partial charge in [0.05, 0.1) is 16.6 Å². The number of aromatic nitrogens is 2. The van der Waals surface area contributed by atoms with Gasteiger partial charge in [0.1, 0.15) is 5.69 Å². The van der Waals surface area contributed by atoms with Crippen molar-refractivity contribution in [1.82, 2.24) is 19.8 Å². The highest BCUT2D eigenvalue weighted by Gasteiger charge is 2.31. The van der Waals surface area contributed by atoms with Crippen LogP contribution in [0.4, 0.5) is 0 Å². The average Bonchev–Trinajstić information content (AvgIpc) is 2.80. The second-order valence-corrected chi connectivity index (χ2v) is 7.73. The molecule has 7 heteroatoms. The van der Waals surface area contributed by atoms with Crippen molar-refractivity contribution in [3.05, 3.63) is 40.3 Å². The number of para-hydroxylation sites is 2. The Morgan fingerprint density at radius 3 is 2.85 bits per heavy atom. The number of carbonyl (C=O) groups is 1. The van der Waals surface area contributed by atoms with Crippen LogP contribution in [0.25, 0.3) is 11.0 Å². The Labute approximate surface area is 159 Å². The number of likely N-dealkylation sites (tertiary alicyclic amines) is 1. The molecule has 1 aliphatic heterocycles. The van der Waals surface area contributed by atoms with Gasteiger partial charge in [-0.05, 0) is 45.5 Å². The lowest BCUT2D eigenvalue weighted by Gasteiger charge is -2.30. The summed E-state index contributed by atoms with van der Waals surface area (Å²) in [4.78, 5) is 35.8. The van der Waals surface area contributed by atoms with Crippen molar-refractivity contribution < 1.29 is 9.90 Å². The van der Waals surface area contributed by atoms with Gasteiger partial charge in [0.15, 0.2) is 0 Å². The molecule has 1 aromatic carbocycles. The minimum Gasteiger partial charge on any atom is -0.388 e. The SMILES string of the molecule is CN(C)CC1(O)CCCN(C(=O)CCc2nc3ccccc3[nH]c2=O)CC1. The van der Waals surface area contributed by atoms with Crippen LogP contribution in [0, 0.1) is 0 Å². The first-order valence-corrected chi connectivity index (χ1v) is 9.49. The molecular formula is C20H28N4O3. The van der Waals surface area contributed by atoms with E-state index in [9.17, 15) is 14.7 Å². The maximum Gasteiger partial charge on any atom is 0.270 e. The monoisotopic (exact) mass is 372 g/mol. The average molecular weight is 372 g/mol. The first kappa shape index (κ1) is 19.5. The second-order valence-electron chi connectivity index (χ2n) is 7.73. The normalized spacial score (nSPS) is 20.8. The van der Waals surface area contributed by atoms with Gasteiger partial charge in [-0.1, -0.05) is 12.1 Å².